The predicted molar refractivity (Wildman–Crippen MR) is 94.3 cm³/mol. The van der Waals surface area contributed by atoms with E-state index in [9.17, 15) is 9.18 Å². The van der Waals surface area contributed by atoms with Gasteiger partial charge >= 0.3 is 0 Å². The van der Waals surface area contributed by atoms with Crippen molar-refractivity contribution in [1.29, 1.82) is 0 Å². The highest BCUT2D eigenvalue weighted by Crippen LogP contribution is 2.25. The van der Waals surface area contributed by atoms with Gasteiger partial charge < -0.3 is 10.1 Å². The second-order valence-corrected chi connectivity index (χ2v) is 5.86. The molecule has 1 amide bonds. The van der Waals surface area contributed by atoms with Crippen molar-refractivity contribution < 1.29 is 13.9 Å². The zero-order valence-corrected chi connectivity index (χ0v) is 14.6. The van der Waals surface area contributed by atoms with Crippen LogP contribution in [-0.2, 0) is 17.9 Å². The van der Waals surface area contributed by atoms with Crippen LogP contribution in [0.5, 0.6) is 11.6 Å². The molecule has 0 unspecified atom stereocenters. The number of hydrogen-bond acceptors (Lipinski definition) is 4. The van der Waals surface area contributed by atoms with Crippen molar-refractivity contribution in [1.82, 2.24) is 20.1 Å². The first-order valence-corrected chi connectivity index (χ1v) is 8.17. The molecule has 1 aromatic carbocycles. The first-order valence-electron chi connectivity index (χ1n) is 8.17. The number of rotatable bonds is 6. The highest BCUT2D eigenvalue weighted by atomic mass is 19.1. The summed E-state index contributed by atoms with van der Waals surface area (Å²) >= 11 is 0. The number of nitrogens with one attached hydrogen (secondary N) is 1. The Labute approximate surface area is 150 Å². The van der Waals surface area contributed by atoms with E-state index >= 15 is 0 Å². The van der Waals surface area contributed by atoms with Gasteiger partial charge in [0.1, 0.15) is 6.54 Å². The molecule has 3 aromatic rings. The molecule has 2 aromatic heterocycles. The van der Waals surface area contributed by atoms with Crippen molar-refractivity contribution in [2.75, 3.05) is 0 Å². The van der Waals surface area contributed by atoms with Crippen molar-refractivity contribution in [3.63, 3.8) is 0 Å². The van der Waals surface area contributed by atoms with Gasteiger partial charge in [0.05, 0.1) is 5.69 Å². The number of pyridine rings is 1. The van der Waals surface area contributed by atoms with Crippen LogP contribution >= 0.6 is 0 Å². The second kappa shape index (κ2) is 7.77. The molecule has 0 aliphatic rings. The molecule has 0 aliphatic carbocycles. The van der Waals surface area contributed by atoms with Crippen LogP contribution < -0.4 is 10.1 Å². The van der Waals surface area contributed by atoms with Crippen LogP contribution in [0.2, 0.25) is 0 Å². The van der Waals surface area contributed by atoms with Gasteiger partial charge in [-0.05, 0) is 38.1 Å². The summed E-state index contributed by atoms with van der Waals surface area (Å²) in [5.41, 5.74) is 2.43. The van der Waals surface area contributed by atoms with Crippen molar-refractivity contribution in [3.05, 3.63) is 71.4 Å². The molecule has 0 radical (unpaired) electrons. The van der Waals surface area contributed by atoms with E-state index in [1.165, 1.54) is 12.1 Å². The van der Waals surface area contributed by atoms with E-state index < -0.39 is 5.82 Å². The Morgan fingerprint density at radius 1 is 1.23 bits per heavy atom. The van der Waals surface area contributed by atoms with Crippen molar-refractivity contribution in [2.24, 2.45) is 0 Å². The van der Waals surface area contributed by atoms with Crippen molar-refractivity contribution >= 4 is 5.91 Å². The summed E-state index contributed by atoms with van der Waals surface area (Å²) in [5.74, 6) is -0.319. The van der Waals surface area contributed by atoms with Crippen molar-refractivity contribution in [2.45, 2.75) is 26.9 Å². The van der Waals surface area contributed by atoms with Gasteiger partial charge in [0.15, 0.2) is 11.6 Å². The summed E-state index contributed by atoms with van der Waals surface area (Å²) in [4.78, 5) is 16.3. The minimum Gasteiger partial charge on any atom is -0.436 e. The number of aryl methyl sites for hydroxylation is 2. The molecule has 2 heterocycles. The summed E-state index contributed by atoms with van der Waals surface area (Å²) in [6, 6.07) is 11.5. The first kappa shape index (κ1) is 17.6. The minimum atomic E-state index is -0.474. The van der Waals surface area contributed by atoms with E-state index in [-0.39, 0.29) is 30.6 Å². The highest BCUT2D eigenvalue weighted by Gasteiger charge is 2.11. The van der Waals surface area contributed by atoms with Crippen LogP contribution in [-0.4, -0.2) is 20.7 Å². The van der Waals surface area contributed by atoms with Crippen LogP contribution in [0.25, 0.3) is 0 Å². The fourth-order valence-electron chi connectivity index (χ4n) is 2.50. The number of amides is 1. The van der Waals surface area contributed by atoms with Gasteiger partial charge in [0.25, 0.3) is 0 Å². The summed E-state index contributed by atoms with van der Waals surface area (Å²) < 4.78 is 21.0. The van der Waals surface area contributed by atoms with Gasteiger partial charge in [-0.1, -0.05) is 18.2 Å². The monoisotopic (exact) mass is 354 g/mol. The summed E-state index contributed by atoms with van der Waals surface area (Å²) in [7, 11) is 0. The Bertz CT molecular complexity index is 923. The Morgan fingerprint density at radius 2 is 2.04 bits per heavy atom. The molecule has 6 nitrogen and oxygen atoms in total. The van der Waals surface area contributed by atoms with Crippen LogP contribution in [0.4, 0.5) is 4.39 Å². The molecule has 0 saturated heterocycles. The number of nitrogens with zero attached hydrogens (tertiary/aromatic N) is 3. The maximum absolute atomic E-state index is 13.8. The Hall–Kier alpha value is -3.22. The van der Waals surface area contributed by atoms with E-state index in [1.54, 1.807) is 35.1 Å². The first-order chi connectivity index (χ1) is 12.5. The lowest BCUT2D eigenvalue weighted by Gasteiger charge is -2.11. The van der Waals surface area contributed by atoms with E-state index in [0.29, 0.717) is 5.56 Å². The zero-order chi connectivity index (χ0) is 18.5. The number of carbonyl (C=O) groups excluding carboxylic acids is 1. The van der Waals surface area contributed by atoms with Crippen LogP contribution in [0, 0.1) is 19.7 Å². The number of ether oxygens (including phenoxy) is 1. The number of benzene rings is 1. The molecule has 1 N–H and O–H groups in total. The van der Waals surface area contributed by atoms with E-state index in [4.69, 9.17) is 4.74 Å². The SMILES string of the molecule is Cc1cc(C)n(CC(=O)NCc2cccnc2Oc2ccccc2F)n1. The lowest BCUT2D eigenvalue weighted by molar-refractivity contribution is -0.122. The summed E-state index contributed by atoms with van der Waals surface area (Å²) in [6.07, 6.45) is 1.55. The van der Waals surface area contributed by atoms with Gasteiger partial charge in [-0.25, -0.2) is 9.37 Å². The lowest BCUT2D eigenvalue weighted by Crippen LogP contribution is -2.28. The Balaban J connectivity index is 1.66. The number of carbonyl (C=O) groups is 1. The molecule has 0 spiro atoms. The molecular weight excluding hydrogens is 335 g/mol. The Kier molecular flexibility index (Phi) is 5.26. The molecule has 0 fully saturated rings. The van der Waals surface area contributed by atoms with Gasteiger partial charge in [-0.2, -0.15) is 5.10 Å². The third-order valence-electron chi connectivity index (χ3n) is 3.77. The fraction of sp³-hybridized carbons (Fsp3) is 0.211. The predicted octanol–water partition coefficient (Wildman–Crippen LogP) is 3.14. The molecule has 0 bridgehead atoms. The molecule has 7 heteroatoms. The smallest absolute Gasteiger partial charge is 0.242 e. The van der Waals surface area contributed by atoms with Crippen LogP contribution in [0.15, 0.2) is 48.7 Å². The van der Waals surface area contributed by atoms with E-state index in [2.05, 4.69) is 15.4 Å². The molecule has 3 rings (SSSR count). The number of aromatic nitrogens is 3. The van der Waals surface area contributed by atoms with Gasteiger partial charge in [0, 0.05) is 24.0 Å². The average Bonchev–Trinajstić information content (AvgIpc) is 2.93. The third-order valence-corrected chi connectivity index (χ3v) is 3.77. The summed E-state index contributed by atoms with van der Waals surface area (Å²) in [6.45, 7) is 4.12. The quantitative estimate of drug-likeness (QED) is 0.738. The minimum absolute atomic E-state index is 0.0846. The van der Waals surface area contributed by atoms with Crippen molar-refractivity contribution in [3.8, 4) is 11.6 Å². The van der Waals surface area contributed by atoms with Crippen LogP contribution in [0.1, 0.15) is 17.0 Å². The molecule has 134 valence electrons. The molecule has 0 aliphatic heterocycles. The number of para-hydroxylation sites is 1. The molecule has 0 atom stereocenters. The fourth-order valence-corrected chi connectivity index (χ4v) is 2.50. The van der Waals surface area contributed by atoms with Gasteiger partial charge in [0.2, 0.25) is 11.8 Å². The molecule has 0 saturated carbocycles. The van der Waals surface area contributed by atoms with Crippen LogP contribution in [0.3, 0.4) is 0 Å². The molecular formula is C19H19FN4O2. The average molecular weight is 354 g/mol. The molecule has 26 heavy (non-hydrogen) atoms. The lowest BCUT2D eigenvalue weighted by atomic mass is 10.2. The van der Waals surface area contributed by atoms with E-state index in [0.717, 1.165) is 11.4 Å². The Morgan fingerprint density at radius 3 is 2.77 bits per heavy atom. The number of hydrogen-bond donors (Lipinski definition) is 1. The van der Waals surface area contributed by atoms with Gasteiger partial charge in [-0.15, -0.1) is 0 Å². The van der Waals surface area contributed by atoms with Gasteiger partial charge in [-0.3, -0.25) is 9.48 Å². The maximum Gasteiger partial charge on any atom is 0.242 e. The second-order valence-electron chi connectivity index (χ2n) is 5.86. The standard InChI is InChI=1S/C19H19FN4O2/c1-13-10-14(2)24(23-13)12-18(25)22-11-15-6-5-9-21-19(15)26-17-8-4-3-7-16(17)20/h3-10H,11-12H2,1-2H3,(H,22,25). The zero-order valence-electron chi connectivity index (χ0n) is 14.6. The third kappa shape index (κ3) is 4.24. The maximum atomic E-state index is 13.8. The normalized spacial score (nSPS) is 10.6. The summed E-state index contributed by atoms with van der Waals surface area (Å²) in [5, 5.41) is 7.08. The largest absolute Gasteiger partial charge is 0.436 e. The topological polar surface area (TPSA) is 69.0 Å². The number of halogens is 1. The van der Waals surface area contributed by atoms with E-state index in [1.807, 2.05) is 19.9 Å². The highest BCUT2D eigenvalue weighted by molar-refractivity contribution is 5.75.